The number of H-pyrrole nitrogens is 1. The van der Waals surface area contributed by atoms with Crippen LogP contribution in [0.25, 0.3) is 10.9 Å². The van der Waals surface area contributed by atoms with Crippen molar-refractivity contribution in [1.82, 2.24) is 25.1 Å². The Labute approximate surface area is 210 Å². The normalized spacial score (nSPS) is 11.1. The van der Waals surface area contributed by atoms with Crippen molar-refractivity contribution in [3.05, 3.63) is 54.2 Å². The van der Waals surface area contributed by atoms with Crippen molar-refractivity contribution in [3.63, 3.8) is 0 Å². The number of sulfonamides is 1. The van der Waals surface area contributed by atoms with Gasteiger partial charge in [-0.25, -0.2) is 14.6 Å². The highest BCUT2D eigenvalue weighted by molar-refractivity contribution is 7.93. The number of nitrogens with zero attached hydrogens (tertiary/aromatic N) is 5. The van der Waals surface area contributed by atoms with Crippen LogP contribution < -0.4 is 19.1 Å². The Balaban J connectivity index is 1.84. The topological polar surface area (TPSA) is 179 Å². The number of nitrogens with one attached hydrogen (secondary N) is 2. The molecule has 2 amide bonds. The molecule has 0 aliphatic heterocycles. The Hall–Kier alpha value is -4.79. The number of rotatable bonds is 8. The number of para-hydroxylation sites is 1. The summed E-state index contributed by atoms with van der Waals surface area (Å²) >= 11 is 0. The van der Waals surface area contributed by atoms with E-state index in [2.05, 4.69) is 30.5 Å². The summed E-state index contributed by atoms with van der Waals surface area (Å²) in [5.74, 6) is -1.41. The molecule has 15 heteroatoms. The number of hydrogen-bond acceptors (Lipinski definition) is 11. The highest BCUT2D eigenvalue weighted by Gasteiger charge is 2.37. The summed E-state index contributed by atoms with van der Waals surface area (Å²) in [6, 6.07) is 10.0. The number of carbonyl (C=O) groups is 2. The van der Waals surface area contributed by atoms with Gasteiger partial charge in [-0.05, 0) is 25.1 Å². The number of anilines is 2. The van der Waals surface area contributed by atoms with Gasteiger partial charge in [-0.2, -0.15) is 27.8 Å². The van der Waals surface area contributed by atoms with Gasteiger partial charge < -0.3 is 14.2 Å². The van der Waals surface area contributed by atoms with Crippen LogP contribution >= 0.6 is 0 Å². The van der Waals surface area contributed by atoms with Crippen LogP contribution in [0, 0.1) is 0 Å². The summed E-state index contributed by atoms with van der Waals surface area (Å²) in [6.07, 6.45) is 0.991. The standard InChI is InChI=1S/C22H21N7O7S/c1-4-36-20(30)14-12-23-28-19(14)37(32,33)29(16-10-9-13-7-5-6-8-15(13)24-16)22(31)27-21-25-17(34-2)11-18(26-21)35-3/h5-12H,4H2,1-3H3,(H,23,28)(H,25,26,27,31). The Bertz CT molecular complexity index is 1550. The molecule has 0 radical (unpaired) electrons. The third-order valence-electron chi connectivity index (χ3n) is 4.89. The molecule has 0 saturated carbocycles. The number of methoxy groups -OCH3 is 2. The predicted octanol–water partition coefficient (Wildman–Crippen LogP) is 2.37. The van der Waals surface area contributed by atoms with Gasteiger partial charge in [-0.15, -0.1) is 0 Å². The van der Waals surface area contributed by atoms with Crippen molar-refractivity contribution in [2.75, 3.05) is 30.4 Å². The van der Waals surface area contributed by atoms with E-state index in [4.69, 9.17) is 14.2 Å². The third kappa shape index (κ3) is 5.11. The number of esters is 1. The lowest BCUT2D eigenvalue weighted by atomic mass is 10.2. The summed E-state index contributed by atoms with van der Waals surface area (Å²) in [6.45, 7) is 1.56. The van der Waals surface area contributed by atoms with Gasteiger partial charge in [0.1, 0.15) is 5.56 Å². The smallest absolute Gasteiger partial charge is 0.344 e. The number of amides is 2. The van der Waals surface area contributed by atoms with E-state index in [0.29, 0.717) is 15.2 Å². The van der Waals surface area contributed by atoms with Crippen LogP contribution in [-0.2, 0) is 14.8 Å². The second-order valence-electron chi connectivity index (χ2n) is 7.17. The number of fused-ring (bicyclic) bond motifs is 1. The highest BCUT2D eigenvalue weighted by atomic mass is 32.2. The van der Waals surface area contributed by atoms with Crippen LogP contribution in [0.5, 0.6) is 11.8 Å². The van der Waals surface area contributed by atoms with Crippen molar-refractivity contribution < 1.29 is 32.2 Å². The van der Waals surface area contributed by atoms with Gasteiger partial charge in [-0.1, -0.05) is 18.2 Å². The molecule has 0 saturated heterocycles. The minimum atomic E-state index is -4.80. The first-order valence-corrected chi connectivity index (χ1v) is 12.1. The van der Waals surface area contributed by atoms with Crippen LogP contribution in [0.3, 0.4) is 0 Å². The second kappa shape index (κ2) is 10.4. The van der Waals surface area contributed by atoms with Gasteiger partial charge in [0.05, 0.1) is 38.6 Å². The lowest BCUT2D eigenvalue weighted by Gasteiger charge is -2.21. The molecule has 0 aliphatic rings. The molecule has 1 aromatic carbocycles. The summed E-state index contributed by atoms with van der Waals surface area (Å²) in [4.78, 5) is 38.2. The number of aromatic nitrogens is 5. The molecule has 0 unspecified atom stereocenters. The van der Waals surface area contributed by atoms with Gasteiger partial charge in [0, 0.05) is 5.39 Å². The summed E-state index contributed by atoms with van der Waals surface area (Å²) in [7, 11) is -2.11. The first-order chi connectivity index (χ1) is 17.8. The van der Waals surface area contributed by atoms with E-state index in [-0.39, 0.29) is 35.7 Å². The third-order valence-corrected chi connectivity index (χ3v) is 6.55. The van der Waals surface area contributed by atoms with Crippen molar-refractivity contribution >= 4 is 44.7 Å². The molecule has 3 heterocycles. The molecule has 4 aromatic rings. The van der Waals surface area contributed by atoms with Crippen LogP contribution in [0.15, 0.2) is 53.7 Å². The Morgan fingerprint density at radius 2 is 1.73 bits per heavy atom. The van der Waals surface area contributed by atoms with Gasteiger partial charge >= 0.3 is 12.0 Å². The summed E-state index contributed by atoms with van der Waals surface area (Å²) < 4.78 is 43.0. The van der Waals surface area contributed by atoms with Crippen molar-refractivity contribution in [2.45, 2.75) is 11.9 Å². The second-order valence-corrected chi connectivity index (χ2v) is 8.89. The zero-order valence-electron chi connectivity index (χ0n) is 19.8. The van der Waals surface area contributed by atoms with Crippen molar-refractivity contribution in [1.29, 1.82) is 0 Å². The van der Waals surface area contributed by atoms with E-state index in [1.54, 1.807) is 37.3 Å². The average molecular weight is 528 g/mol. The Kier molecular flexibility index (Phi) is 7.15. The number of benzene rings is 1. The van der Waals surface area contributed by atoms with Crippen LogP contribution in [0.4, 0.5) is 16.6 Å². The molecular formula is C22H21N7O7S. The summed E-state index contributed by atoms with van der Waals surface area (Å²) in [5.41, 5.74) is 0.0299. The largest absolute Gasteiger partial charge is 0.481 e. The van der Waals surface area contributed by atoms with Gasteiger partial charge in [0.2, 0.25) is 17.7 Å². The van der Waals surface area contributed by atoms with E-state index >= 15 is 0 Å². The van der Waals surface area contributed by atoms with E-state index in [1.165, 1.54) is 26.4 Å². The van der Waals surface area contributed by atoms with Crippen LogP contribution in [-0.4, -0.2) is 66.4 Å². The fourth-order valence-electron chi connectivity index (χ4n) is 3.24. The molecule has 0 bridgehead atoms. The number of ether oxygens (including phenoxy) is 3. The number of pyridine rings is 1. The first-order valence-electron chi connectivity index (χ1n) is 10.7. The van der Waals surface area contributed by atoms with Gasteiger partial charge in [0.25, 0.3) is 10.0 Å². The summed E-state index contributed by atoms with van der Waals surface area (Å²) in [5, 5.41) is 8.29. The highest BCUT2D eigenvalue weighted by Crippen LogP contribution is 2.27. The van der Waals surface area contributed by atoms with E-state index in [9.17, 15) is 18.0 Å². The number of urea groups is 1. The predicted molar refractivity (Wildman–Crippen MR) is 130 cm³/mol. The fraction of sp³-hybridized carbons (Fsp3) is 0.182. The molecule has 14 nitrogen and oxygen atoms in total. The minimum absolute atomic E-state index is 0.00502. The molecule has 3 aromatic heterocycles. The Morgan fingerprint density at radius 3 is 2.41 bits per heavy atom. The molecule has 192 valence electrons. The van der Waals surface area contributed by atoms with E-state index in [1.807, 2.05) is 0 Å². The van der Waals surface area contributed by atoms with E-state index < -0.39 is 27.0 Å². The van der Waals surface area contributed by atoms with Crippen LogP contribution in [0.1, 0.15) is 17.3 Å². The van der Waals surface area contributed by atoms with Crippen molar-refractivity contribution in [2.24, 2.45) is 0 Å². The zero-order valence-corrected chi connectivity index (χ0v) is 20.6. The molecule has 0 atom stereocenters. The molecule has 37 heavy (non-hydrogen) atoms. The monoisotopic (exact) mass is 527 g/mol. The van der Waals surface area contributed by atoms with Crippen molar-refractivity contribution in [3.8, 4) is 11.8 Å². The Morgan fingerprint density at radius 1 is 1.03 bits per heavy atom. The number of carbonyl (C=O) groups excluding carboxylic acids is 2. The molecule has 0 fully saturated rings. The fourth-order valence-corrected chi connectivity index (χ4v) is 4.61. The molecule has 0 spiro atoms. The van der Waals surface area contributed by atoms with Gasteiger partial charge in [0.15, 0.2) is 10.8 Å². The zero-order chi connectivity index (χ0) is 26.6. The van der Waals surface area contributed by atoms with E-state index in [0.717, 1.165) is 6.20 Å². The maximum atomic E-state index is 13.8. The maximum Gasteiger partial charge on any atom is 0.344 e. The molecule has 2 N–H and O–H groups in total. The molecular weight excluding hydrogens is 506 g/mol. The molecule has 0 aliphatic carbocycles. The van der Waals surface area contributed by atoms with Crippen LogP contribution in [0.2, 0.25) is 0 Å². The lowest BCUT2D eigenvalue weighted by Crippen LogP contribution is -2.41. The maximum absolute atomic E-state index is 13.8. The van der Waals surface area contributed by atoms with Gasteiger partial charge in [-0.3, -0.25) is 10.4 Å². The SMILES string of the molecule is CCOC(=O)c1cn[nH]c1S(=O)(=O)N(C(=O)Nc1nc(OC)cc(OC)n1)c1ccc2ccccc2n1. The number of aromatic amines is 1. The quantitative estimate of drug-likeness (QED) is 0.321. The lowest BCUT2D eigenvalue weighted by molar-refractivity contribution is 0.0521. The first kappa shape index (κ1) is 25.3. The minimum Gasteiger partial charge on any atom is -0.481 e. The average Bonchev–Trinajstić information content (AvgIpc) is 3.40. The number of hydrogen-bond donors (Lipinski definition) is 2. The molecule has 4 rings (SSSR count).